The van der Waals surface area contributed by atoms with E-state index < -0.39 is 0 Å². The van der Waals surface area contributed by atoms with Crippen molar-refractivity contribution in [1.82, 2.24) is 5.32 Å². The maximum Gasteiger partial charge on any atom is 0.224 e. The lowest BCUT2D eigenvalue weighted by molar-refractivity contribution is -0.120. The van der Waals surface area contributed by atoms with Gasteiger partial charge in [-0.1, -0.05) is 25.5 Å². The molecule has 104 valence electrons. The van der Waals surface area contributed by atoms with Crippen molar-refractivity contribution in [3.63, 3.8) is 0 Å². The average Bonchev–Trinajstić information content (AvgIpc) is 2.78. The number of likely N-dealkylation sites (N-methyl/N-ethyl adjacent to an activating group) is 1. The molecule has 3 nitrogen and oxygen atoms in total. The Morgan fingerprint density at radius 2 is 2.00 bits per heavy atom. The van der Waals surface area contributed by atoms with Crippen LogP contribution in [0.2, 0.25) is 0 Å². The normalized spacial score (nSPS) is 22.2. The highest BCUT2D eigenvalue weighted by Crippen LogP contribution is 2.27. The molecule has 0 aliphatic heterocycles. The van der Waals surface area contributed by atoms with Crippen molar-refractivity contribution in [1.29, 1.82) is 0 Å². The standard InChI is InChI=1S/C16H24N2O/c1-3-17-16(19)11-13-7-9-14(10-8-13)18-15-6-4-5-12(15)2/h7-10,12,15,18H,3-6,11H2,1-2H3,(H,17,19). The van der Waals surface area contributed by atoms with E-state index in [9.17, 15) is 4.79 Å². The van der Waals surface area contributed by atoms with Crippen LogP contribution < -0.4 is 10.6 Å². The van der Waals surface area contributed by atoms with E-state index in [1.165, 1.54) is 24.9 Å². The van der Waals surface area contributed by atoms with Crippen molar-refractivity contribution >= 4 is 11.6 Å². The molecule has 1 fully saturated rings. The lowest BCUT2D eigenvalue weighted by Gasteiger charge is -2.18. The van der Waals surface area contributed by atoms with Crippen molar-refractivity contribution in [3.8, 4) is 0 Å². The number of benzene rings is 1. The summed E-state index contributed by atoms with van der Waals surface area (Å²) >= 11 is 0. The third kappa shape index (κ3) is 3.98. The molecule has 1 aromatic rings. The third-order valence-electron chi connectivity index (χ3n) is 3.91. The van der Waals surface area contributed by atoms with Crippen molar-refractivity contribution in [2.45, 2.75) is 45.6 Å². The molecule has 2 atom stereocenters. The first-order valence-electron chi connectivity index (χ1n) is 7.31. The summed E-state index contributed by atoms with van der Waals surface area (Å²) in [4.78, 5) is 11.5. The highest BCUT2D eigenvalue weighted by Gasteiger charge is 2.22. The fraction of sp³-hybridized carbons (Fsp3) is 0.562. The summed E-state index contributed by atoms with van der Waals surface area (Å²) in [5.74, 6) is 0.850. The predicted molar refractivity (Wildman–Crippen MR) is 79.3 cm³/mol. The Hall–Kier alpha value is -1.51. The summed E-state index contributed by atoms with van der Waals surface area (Å²) in [6.45, 7) is 4.94. The molecule has 0 saturated heterocycles. The van der Waals surface area contributed by atoms with Gasteiger partial charge in [-0.2, -0.15) is 0 Å². The second kappa shape index (κ2) is 6.60. The van der Waals surface area contributed by atoms with Gasteiger partial charge in [0.1, 0.15) is 0 Å². The first kappa shape index (κ1) is 13.9. The minimum absolute atomic E-state index is 0.0904. The largest absolute Gasteiger partial charge is 0.382 e. The zero-order valence-electron chi connectivity index (χ0n) is 11.9. The number of carbonyl (C=O) groups excluding carboxylic acids is 1. The zero-order chi connectivity index (χ0) is 13.7. The SMILES string of the molecule is CCNC(=O)Cc1ccc(NC2CCCC2C)cc1. The predicted octanol–water partition coefficient (Wildman–Crippen LogP) is 2.97. The topological polar surface area (TPSA) is 41.1 Å². The van der Waals surface area contributed by atoms with E-state index in [2.05, 4.69) is 29.7 Å². The molecule has 1 aliphatic rings. The molecule has 19 heavy (non-hydrogen) atoms. The number of hydrogen-bond donors (Lipinski definition) is 2. The smallest absolute Gasteiger partial charge is 0.224 e. The van der Waals surface area contributed by atoms with Crippen molar-refractivity contribution in [2.75, 3.05) is 11.9 Å². The van der Waals surface area contributed by atoms with Gasteiger partial charge in [0.05, 0.1) is 6.42 Å². The fourth-order valence-electron chi connectivity index (χ4n) is 2.74. The summed E-state index contributed by atoms with van der Waals surface area (Å²) in [7, 11) is 0. The Kier molecular flexibility index (Phi) is 4.83. The number of hydrogen-bond acceptors (Lipinski definition) is 2. The molecule has 0 aromatic heterocycles. The van der Waals surface area contributed by atoms with Gasteiger partial charge in [0.2, 0.25) is 5.91 Å². The summed E-state index contributed by atoms with van der Waals surface area (Å²) < 4.78 is 0. The molecular weight excluding hydrogens is 236 g/mol. The van der Waals surface area contributed by atoms with Crippen molar-refractivity contribution in [2.24, 2.45) is 5.92 Å². The Morgan fingerprint density at radius 3 is 2.58 bits per heavy atom. The molecule has 1 aliphatic carbocycles. The minimum Gasteiger partial charge on any atom is -0.382 e. The number of carbonyl (C=O) groups is 1. The molecular formula is C16H24N2O. The molecule has 0 radical (unpaired) electrons. The fourth-order valence-corrected chi connectivity index (χ4v) is 2.74. The average molecular weight is 260 g/mol. The lowest BCUT2D eigenvalue weighted by Crippen LogP contribution is -2.24. The van der Waals surface area contributed by atoms with Gasteiger partial charge in [-0.15, -0.1) is 0 Å². The van der Waals surface area contributed by atoms with Gasteiger partial charge in [-0.25, -0.2) is 0 Å². The molecule has 2 unspecified atom stereocenters. The van der Waals surface area contributed by atoms with E-state index in [0.29, 0.717) is 19.0 Å². The number of amides is 1. The first-order valence-corrected chi connectivity index (χ1v) is 7.31. The molecule has 0 spiro atoms. The number of anilines is 1. The number of rotatable bonds is 5. The molecule has 0 heterocycles. The maximum absolute atomic E-state index is 11.5. The summed E-state index contributed by atoms with van der Waals surface area (Å²) in [6.07, 6.45) is 4.39. The van der Waals surface area contributed by atoms with Gasteiger partial charge in [0, 0.05) is 18.3 Å². The maximum atomic E-state index is 11.5. The van der Waals surface area contributed by atoms with Gasteiger partial charge >= 0.3 is 0 Å². The van der Waals surface area contributed by atoms with Crippen LogP contribution in [-0.4, -0.2) is 18.5 Å². The summed E-state index contributed by atoms with van der Waals surface area (Å²) in [6, 6.07) is 8.85. The lowest BCUT2D eigenvalue weighted by atomic mass is 10.1. The Labute approximate surface area is 115 Å². The summed E-state index contributed by atoms with van der Waals surface area (Å²) in [5.41, 5.74) is 2.23. The van der Waals surface area contributed by atoms with Gasteiger partial charge in [0.25, 0.3) is 0 Å². The quantitative estimate of drug-likeness (QED) is 0.854. The Morgan fingerprint density at radius 1 is 1.26 bits per heavy atom. The molecule has 2 rings (SSSR count). The highest BCUT2D eigenvalue weighted by molar-refractivity contribution is 5.78. The minimum atomic E-state index is 0.0904. The third-order valence-corrected chi connectivity index (χ3v) is 3.91. The van der Waals surface area contributed by atoms with Crippen LogP contribution in [0, 0.1) is 5.92 Å². The van der Waals surface area contributed by atoms with Crippen LogP contribution in [0.25, 0.3) is 0 Å². The van der Waals surface area contributed by atoms with Crippen LogP contribution in [0.3, 0.4) is 0 Å². The van der Waals surface area contributed by atoms with E-state index in [1.54, 1.807) is 0 Å². The van der Waals surface area contributed by atoms with Crippen LogP contribution in [0.15, 0.2) is 24.3 Å². The second-order valence-corrected chi connectivity index (χ2v) is 5.49. The van der Waals surface area contributed by atoms with Crippen LogP contribution in [-0.2, 0) is 11.2 Å². The van der Waals surface area contributed by atoms with Crippen molar-refractivity contribution in [3.05, 3.63) is 29.8 Å². The molecule has 2 N–H and O–H groups in total. The van der Waals surface area contributed by atoms with Gasteiger partial charge in [-0.05, 0) is 43.4 Å². The Balaban J connectivity index is 1.89. The zero-order valence-corrected chi connectivity index (χ0v) is 11.9. The van der Waals surface area contributed by atoms with Crippen LogP contribution >= 0.6 is 0 Å². The van der Waals surface area contributed by atoms with Gasteiger partial charge in [0.15, 0.2) is 0 Å². The Bertz CT molecular complexity index is 413. The van der Waals surface area contributed by atoms with E-state index >= 15 is 0 Å². The van der Waals surface area contributed by atoms with Gasteiger partial charge < -0.3 is 10.6 Å². The second-order valence-electron chi connectivity index (χ2n) is 5.49. The van der Waals surface area contributed by atoms with E-state index in [1.807, 2.05) is 19.1 Å². The molecule has 3 heteroatoms. The van der Waals surface area contributed by atoms with E-state index in [-0.39, 0.29) is 5.91 Å². The molecule has 1 saturated carbocycles. The van der Waals surface area contributed by atoms with E-state index in [4.69, 9.17) is 0 Å². The molecule has 1 amide bonds. The van der Waals surface area contributed by atoms with E-state index in [0.717, 1.165) is 11.5 Å². The van der Waals surface area contributed by atoms with Gasteiger partial charge in [-0.3, -0.25) is 4.79 Å². The van der Waals surface area contributed by atoms with Crippen LogP contribution in [0.1, 0.15) is 38.7 Å². The van der Waals surface area contributed by atoms with Crippen LogP contribution in [0.5, 0.6) is 0 Å². The first-order chi connectivity index (χ1) is 9.19. The van der Waals surface area contributed by atoms with Crippen molar-refractivity contribution < 1.29 is 4.79 Å². The van der Waals surface area contributed by atoms with Crippen LogP contribution in [0.4, 0.5) is 5.69 Å². The monoisotopic (exact) mass is 260 g/mol. The highest BCUT2D eigenvalue weighted by atomic mass is 16.1. The summed E-state index contributed by atoms with van der Waals surface area (Å²) in [5, 5.41) is 6.41. The number of nitrogens with one attached hydrogen (secondary N) is 2. The molecule has 1 aromatic carbocycles. The molecule has 0 bridgehead atoms.